The predicted molar refractivity (Wildman–Crippen MR) is 95.9 cm³/mol. The molecule has 26 heavy (non-hydrogen) atoms. The van der Waals surface area contributed by atoms with Crippen LogP contribution < -0.4 is 10.1 Å². The zero-order chi connectivity index (χ0) is 18.5. The van der Waals surface area contributed by atoms with Crippen LogP contribution >= 0.6 is 0 Å². The molecule has 0 saturated carbocycles. The summed E-state index contributed by atoms with van der Waals surface area (Å²) in [6, 6.07) is 12.9. The van der Waals surface area contributed by atoms with Crippen LogP contribution in [0.15, 0.2) is 48.5 Å². The first-order valence-corrected chi connectivity index (χ1v) is 8.32. The highest BCUT2D eigenvalue weighted by Gasteiger charge is 2.26. The zero-order valence-corrected chi connectivity index (χ0v) is 14.4. The number of methoxy groups -OCH3 is 1. The van der Waals surface area contributed by atoms with Gasteiger partial charge in [0.25, 0.3) is 5.91 Å². The number of halogens is 1. The number of anilines is 1. The first-order valence-electron chi connectivity index (χ1n) is 8.32. The van der Waals surface area contributed by atoms with Crippen LogP contribution in [0.25, 0.3) is 0 Å². The summed E-state index contributed by atoms with van der Waals surface area (Å²) in [5, 5.41) is 2.83. The molecule has 136 valence electrons. The van der Waals surface area contributed by atoms with Crippen molar-refractivity contribution in [3.63, 3.8) is 0 Å². The van der Waals surface area contributed by atoms with Crippen molar-refractivity contribution < 1.29 is 18.7 Å². The number of carbonyl (C=O) groups is 2. The molecule has 3 rings (SSSR count). The molecule has 0 bridgehead atoms. The molecule has 0 unspecified atom stereocenters. The summed E-state index contributed by atoms with van der Waals surface area (Å²) in [5.74, 6) is -0.458. The smallest absolute Gasteiger partial charge is 0.321 e. The third-order valence-corrected chi connectivity index (χ3v) is 4.27. The van der Waals surface area contributed by atoms with E-state index in [4.69, 9.17) is 4.74 Å². The van der Waals surface area contributed by atoms with Crippen molar-refractivity contribution >= 4 is 17.6 Å². The first-order chi connectivity index (χ1) is 12.6. The Labute approximate surface area is 151 Å². The van der Waals surface area contributed by atoms with Gasteiger partial charge in [-0.05, 0) is 30.3 Å². The van der Waals surface area contributed by atoms with E-state index in [0.29, 0.717) is 31.9 Å². The van der Waals surface area contributed by atoms with E-state index < -0.39 is 5.82 Å². The molecule has 2 aromatic rings. The quantitative estimate of drug-likeness (QED) is 0.919. The molecule has 1 fully saturated rings. The third kappa shape index (κ3) is 3.93. The summed E-state index contributed by atoms with van der Waals surface area (Å²) in [7, 11) is 1.44. The zero-order valence-electron chi connectivity index (χ0n) is 14.4. The van der Waals surface area contributed by atoms with Crippen LogP contribution in [0, 0.1) is 5.82 Å². The largest absolute Gasteiger partial charge is 0.496 e. The number of piperazine rings is 1. The minimum atomic E-state index is -0.491. The number of para-hydroxylation sites is 1. The predicted octanol–water partition coefficient (Wildman–Crippen LogP) is 2.82. The number of benzene rings is 2. The van der Waals surface area contributed by atoms with Gasteiger partial charge in [0.1, 0.15) is 11.6 Å². The van der Waals surface area contributed by atoms with Gasteiger partial charge in [0.15, 0.2) is 0 Å². The molecule has 1 heterocycles. The molecule has 2 aromatic carbocycles. The molecule has 0 aromatic heterocycles. The van der Waals surface area contributed by atoms with Crippen molar-refractivity contribution in [3.05, 3.63) is 59.9 Å². The second-order valence-corrected chi connectivity index (χ2v) is 5.92. The SMILES string of the molecule is COc1ccc(F)cc1C(=O)N1CCN(C(=O)Nc2ccccc2)CC1. The maximum Gasteiger partial charge on any atom is 0.321 e. The molecule has 1 aliphatic heterocycles. The number of carbonyl (C=O) groups excluding carboxylic acids is 2. The number of amides is 3. The molecule has 1 aliphatic rings. The van der Waals surface area contributed by atoms with Crippen LogP contribution in [-0.2, 0) is 0 Å². The molecule has 0 atom stereocenters. The van der Waals surface area contributed by atoms with E-state index in [-0.39, 0.29) is 17.5 Å². The van der Waals surface area contributed by atoms with Gasteiger partial charge in [0, 0.05) is 31.9 Å². The monoisotopic (exact) mass is 357 g/mol. The number of rotatable bonds is 3. The Morgan fingerprint density at radius 2 is 1.65 bits per heavy atom. The number of urea groups is 1. The van der Waals surface area contributed by atoms with Crippen LogP contribution in [0.3, 0.4) is 0 Å². The fourth-order valence-electron chi connectivity index (χ4n) is 2.85. The summed E-state index contributed by atoms with van der Waals surface area (Å²) in [5.41, 5.74) is 0.912. The van der Waals surface area contributed by atoms with Crippen LogP contribution in [0.5, 0.6) is 5.75 Å². The van der Waals surface area contributed by atoms with Crippen molar-refractivity contribution in [2.45, 2.75) is 0 Å². The Hall–Kier alpha value is -3.09. The van der Waals surface area contributed by atoms with E-state index >= 15 is 0 Å². The fraction of sp³-hybridized carbons (Fsp3) is 0.263. The summed E-state index contributed by atoms with van der Waals surface area (Å²) in [6.45, 7) is 1.56. The number of hydrogen-bond donors (Lipinski definition) is 1. The normalized spacial score (nSPS) is 14.1. The topological polar surface area (TPSA) is 61.9 Å². The average molecular weight is 357 g/mol. The molecule has 6 nitrogen and oxygen atoms in total. The Bertz CT molecular complexity index is 790. The van der Waals surface area contributed by atoms with E-state index in [9.17, 15) is 14.0 Å². The third-order valence-electron chi connectivity index (χ3n) is 4.27. The van der Waals surface area contributed by atoms with Gasteiger partial charge in [0.05, 0.1) is 12.7 Å². The lowest BCUT2D eigenvalue weighted by atomic mass is 10.1. The Balaban J connectivity index is 1.60. The fourth-order valence-corrected chi connectivity index (χ4v) is 2.85. The molecule has 0 radical (unpaired) electrons. The second kappa shape index (κ2) is 7.86. The van der Waals surface area contributed by atoms with Gasteiger partial charge in [-0.25, -0.2) is 9.18 Å². The van der Waals surface area contributed by atoms with E-state index in [1.807, 2.05) is 30.3 Å². The molecule has 1 N–H and O–H groups in total. The van der Waals surface area contributed by atoms with E-state index in [0.717, 1.165) is 5.69 Å². The van der Waals surface area contributed by atoms with Gasteiger partial charge < -0.3 is 19.9 Å². The highest BCUT2D eigenvalue weighted by Crippen LogP contribution is 2.22. The maximum absolute atomic E-state index is 13.5. The van der Waals surface area contributed by atoms with E-state index in [1.54, 1.807) is 9.80 Å². The summed E-state index contributed by atoms with van der Waals surface area (Å²) >= 11 is 0. The second-order valence-electron chi connectivity index (χ2n) is 5.92. The minimum Gasteiger partial charge on any atom is -0.496 e. The Kier molecular flexibility index (Phi) is 5.36. The highest BCUT2D eigenvalue weighted by atomic mass is 19.1. The van der Waals surface area contributed by atoms with Crippen LogP contribution in [0.1, 0.15) is 10.4 Å². The van der Waals surface area contributed by atoms with Crippen molar-refractivity contribution in [1.82, 2.24) is 9.80 Å². The number of ether oxygens (including phenoxy) is 1. The number of nitrogens with one attached hydrogen (secondary N) is 1. The average Bonchev–Trinajstić information content (AvgIpc) is 2.68. The van der Waals surface area contributed by atoms with Crippen molar-refractivity contribution in [1.29, 1.82) is 0 Å². The standard InChI is InChI=1S/C19H20FN3O3/c1-26-17-8-7-14(20)13-16(17)18(24)22-9-11-23(12-10-22)19(25)21-15-5-3-2-4-6-15/h2-8,13H,9-12H2,1H3,(H,21,25). The van der Waals surface area contributed by atoms with E-state index in [2.05, 4.69) is 5.32 Å². The van der Waals surface area contributed by atoms with Gasteiger partial charge in [0.2, 0.25) is 0 Å². The minimum absolute atomic E-state index is 0.190. The van der Waals surface area contributed by atoms with Crippen molar-refractivity contribution in [3.8, 4) is 5.75 Å². The Morgan fingerprint density at radius 3 is 2.31 bits per heavy atom. The lowest BCUT2D eigenvalue weighted by molar-refractivity contribution is 0.0668. The summed E-state index contributed by atoms with van der Waals surface area (Å²) < 4.78 is 18.6. The first kappa shape index (κ1) is 17.7. The number of hydrogen-bond acceptors (Lipinski definition) is 3. The van der Waals surface area contributed by atoms with Crippen molar-refractivity contribution in [2.75, 3.05) is 38.6 Å². The van der Waals surface area contributed by atoms with Gasteiger partial charge >= 0.3 is 6.03 Å². The molecule has 0 spiro atoms. The molecule has 7 heteroatoms. The number of nitrogens with zero attached hydrogens (tertiary/aromatic N) is 2. The molecular formula is C19H20FN3O3. The molecule has 0 aliphatic carbocycles. The van der Waals surface area contributed by atoms with Crippen LogP contribution in [-0.4, -0.2) is 55.0 Å². The molecular weight excluding hydrogens is 337 g/mol. The summed E-state index contributed by atoms with van der Waals surface area (Å²) in [4.78, 5) is 28.2. The molecule has 1 saturated heterocycles. The van der Waals surface area contributed by atoms with Gasteiger partial charge in [-0.3, -0.25) is 4.79 Å². The molecule has 3 amide bonds. The maximum atomic E-state index is 13.5. The van der Waals surface area contributed by atoms with Gasteiger partial charge in [-0.2, -0.15) is 0 Å². The van der Waals surface area contributed by atoms with Crippen LogP contribution in [0.2, 0.25) is 0 Å². The highest BCUT2D eigenvalue weighted by molar-refractivity contribution is 5.97. The summed E-state index contributed by atoms with van der Waals surface area (Å²) in [6.07, 6.45) is 0. The lowest BCUT2D eigenvalue weighted by Gasteiger charge is -2.35. The lowest BCUT2D eigenvalue weighted by Crippen LogP contribution is -2.51. The van der Waals surface area contributed by atoms with Crippen LogP contribution in [0.4, 0.5) is 14.9 Å². The van der Waals surface area contributed by atoms with Gasteiger partial charge in [-0.15, -0.1) is 0 Å². The Morgan fingerprint density at radius 1 is 1.00 bits per heavy atom. The van der Waals surface area contributed by atoms with Gasteiger partial charge in [-0.1, -0.05) is 18.2 Å². The van der Waals surface area contributed by atoms with Crippen molar-refractivity contribution in [2.24, 2.45) is 0 Å². The van der Waals surface area contributed by atoms with E-state index in [1.165, 1.54) is 25.3 Å².